The van der Waals surface area contributed by atoms with E-state index in [4.69, 9.17) is 0 Å². The van der Waals surface area contributed by atoms with Crippen LogP contribution in [0.25, 0.3) is 0 Å². The Hall–Kier alpha value is -1.35. The van der Waals surface area contributed by atoms with Gasteiger partial charge in [-0.15, -0.1) is 0 Å². The Balaban J connectivity index is 0.000000686. The zero-order valence-corrected chi connectivity index (χ0v) is 11.0. The van der Waals surface area contributed by atoms with Crippen molar-refractivity contribution in [3.63, 3.8) is 0 Å². The lowest BCUT2D eigenvalue weighted by molar-refractivity contribution is 0.607. The summed E-state index contributed by atoms with van der Waals surface area (Å²) in [5.41, 5.74) is 1.22. The van der Waals surface area contributed by atoms with Crippen LogP contribution in [0.15, 0.2) is 30.6 Å². The molecule has 0 amide bonds. The second kappa shape index (κ2) is 7.85. The van der Waals surface area contributed by atoms with Crippen LogP contribution in [0.1, 0.15) is 44.1 Å². The number of nitrogens with zero attached hydrogens (tertiary/aromatic N) is 1. The van der Waals surface area contributed by atoms with Crippen molar-refractivity contribution in [2.75, 3.05) is 6.54 Å². The van der Waals surface area contributed by atoms with Gasteiger partial charge in [0, 0.05) is 12.4 Å². The van der Waals surface area contributed by atoms with Crippen LogP contribution in [0.2, 0.25) is 0 Å². The number of aromatic amines is 1. The Labute approximate surface area is 104 Å². The van der Waals surface area contributed by atoms with Gasteiger partial charge in [0.15, 0.2) is 0 Å². The van der Waals surface area contributed by atoms with Crippen LogP contribution in [0, 0.1) is 6.92 Å². The molecular formula is C14H23N3. The smallest absolute Gasteiger partial charge is 0.123 e. The Bertz CT molecular complexity index is 364. The summed E-state index contributed by atoms with van der Waals surface area (Å²) in [5, 5.41) is 3.43. The quantitative estimate of drug-likeness (QED) is 0.781. The summed E-state index contributed by atoms with van der Waals surface area (Å²) in [6.45, 7) is 7.16. The van der Waals surface area contributed by atoms with Crippen molar-refractivity contribution in [1.29, 1.82) is 0 Å². The van der Waals surface area contributed by atoms with Gasteiger partial charge in [-0.3, -0.25) is 0 Å². The molecule has 17 heavy (non-hydrogen) atoms. The molecule has 0 unspecified atom stereocenters. The molecule has 1 aromatic heterocycles. The average Bonchev–Trinajstić information content (AvgIpc) is 2.89. The first-order valence-corrected chi connectivity index (χ1v) is 6.44. The highest BCUT2D eigenvalue weighted by Gasteiger charge is 2.16. The maximum atomic E-state index is 4.43. The maximum absolute atomic E-state index is 4.43. The zero-order valence-electron chi connectivity index (χ0n) is 11.0. The number of nitrogens with one attached hydrogen (secondary N) is 2. The highest BCUT2D eigenvalue weighted by atomic mass is 15.0. The molecule has 1 aliphatic rings. The van der Waals surface area contributed by atoms with E-state index < -0.39 is 0 Å². The van der Waals surface area contributed by atoms with E-state index in [0.29, 0.717) is 6.04 Å². The summed E-state index contributed by atoms with van der Waals surface area (Å²) in [6, 6.07) is 6.46. The van der Waals surface area contributed by atoms with E-state index in [9.17, 15) is 0 Å². The minimum Gasteiger partial charge on any atom is -0.349 e. The van der Waals surface area contributed by atoms with E-state index in [1.807, 2.05) is 38.4 Å². The van der Waals surface area contributed by atoms with Gasteiger partial charge in [-0.2, -0.15) is 0 Å². The van der Waals surface area contributed by atoms with Crippen molar-refractivity contribution in [2.45, 2.75) is 39.7 Å². The number of H-pyrrole nitrogens is 1. The Morgan fingerprint density at radius 2 is 2.12 bits per heavy atom. The van der Waals surface area contributed by atoms with Crippen LogP contribution < -0.4 is 5.32 Å². The number of hydrogen-bond donors (Lipinski definition) is 2. The molecular weight excluding hydrogens is 210 g/mol. The second-order valence-electron chi connectivity index (χ2n) is 3.89. The molecule has 1 aliphatic heterocycles. The third-order valence-corrected chi connectivity index (χ3v) is 2.63. The lowest BCUT2D eigenvalue weighted by Gasteiger charge is -2.06. The summed E-state index contributed by atoms with van der Waals surface area (Å²) in [7, 11) is 0. The SMILES string of the molecule is CC.Cc1cccnc([C@@H]2CCCN2)[nH]cc1. The van der Waals surface area contributed by atoms with Gasteiger partial charge < -0.3 is 10.3 Å². The van der Waals surface area contributed by atoms with E-state index in [1.165, 1.54) is 18.4 Å². The molecule has 0 saturated carbocycles. The van der Waals surface area contributed by atoms with Crippen LogP contribution in [0.5, 0.6) is 0 Å². The molecule has 2 heterocycles. The van der Waals surface area contributed by atoms with E-state index in [0.717, 1.165) is 12.4 Å². The molecule has 0 spiro atoms. The molecule has 94 valence electrons. The molecule has 3 nitrogen and oxygen atoms in total. The fourth-order valence-corrected chi connectivity index (χ4v) is 1.78. The van der Waals surface area contributed by atoms with Crippen molar-refractivity contribution in [1.82, 2.24) is 15.3 Å². The van der Waals surface area contributed by atoms with Gasteiger partial charge >= 0.3 is 0 Å². The molecule has 1 aromatic rings. The first-order valence-electron chi connectivity index (χ1n) is 6.44. The third kappa shape index (κ3) is 4.57. The zero-order chi connectivity index (χ0) is 12.5. The topological polar surface area (TPSA) is 40.7 Å². The van der Waals surface area contributed by atoms with Crippen molar-refractivity contribution in [3.05, 3.63) is 42.0 Å². The van der Waals surface area contributed by atoms with Gasteiger partial charge in [0.05, 0.1) is 6.04 Å². The minimum absolute atomic E-state index is 0.387. The molecule has 2 rings (SSSR count). The lowest BCUT2D eigenvalue weighted by atomic mass is 10.2. The third-order valence-electron chi connectivity index (χ3n) is 2.63. The number of aromatic nitrogens is 2. The summed E-state index contributed by atoms with van der Waals surface area (Å²) < 4.78 is 0. The van der Waals surface area contributed by atoms with E-state index in [2.05, 4.69) is 28.3 Å². The number of rotatable bonds is 1. The molecule has 1 fully saturated rings. The minimum atomic E-state index is 0.387. The Morgan fingerprint density at radius 3 is 2.82 bits per heavy atom. The van der Waals surface area contributed by atoms with Crippen molar-refractivity contribution >= 4 is 0 Å². The summed E-state index contributed by atoms with van der Waals surface area (Å²) in [6.07, 6.45) is 6.20. The van der Waals surface area contributed by atoms with E-state index in [-0.39, 0.29) is 0 Å². The highest BCUT2D eigenvalue weighted by molar-refractivity contribution is 5.07. The van der Waals surface area contributed by atoms with Crippen LogP contribution in [0.3, 0.4) is 0 Å². The van der Waals surface area contributed by atoms with E-state index >= 15 is 0 Å². The molecule has 3 heteroatoms. The van der Waals surface area contributed by atoms with Gasteiger partial charge in [-0.1, -0.05) is 19.9 Å². The fraction of sp³-hybridized carbons (Fsp3) is 0.500. The molecule has 2 N–H and O–H groups in total. The molecule has 1 atom stereocenters. The predicted molar refractivity (Wildman–Crippen MR) is 72.3 cm³/mol. The van der Waals surface area contributed by atoms with Gasteiger partial charge in [0.25, 0.3) is 0 Å². The normalized spacial score (nSPS) is 17.9. The Kier molecular flexibility index (Phi) is 6.33. The van der Waals surface area contributed by atoms with Crippen LogP contribution in [-0.2, 0) is 0 Å². The first-order chi connectivity index (χ1) is 8.36. The van der Waals surface area contributed by atoms with Gasteiger partial charge in [0.2, 0.25) is 0 Å². The summed E-state index contributed by atoms with van der Waals surface area (Å²) in [4.78, 5) is 7.68. The number of hydrogen-bond acceptors (Lipinski definition) is 2. The molecule has 0 bridgehead atoms. The van der Waals surface area contributed by atoms with Gasteiger partial charge in [0.1, 0.15) is 5.82 Å². The first kappa shape index (κ1) is 13.7. The molecule has 0 aromatic carbocycles. The Morgan fingerprint density at radius 1 is 1.29 bits per heavy atom. The molecule has 0 aliphatic carbocycles. The fourth-order valence-electron chi connectivity index (χ4n) is 1.78. The van der Waals surface area contributed by atoms with E-state index in [1.54, 1.807) is 0 Å². The monoisotopic (exact) mass is 233 g/mol. The van der Waals surface area contributed by atoms with Crippen LogP contribution in [-0.4, -0.2) is 16.5 Å². The largest absolute Gasteiger partial charge is 0.349 e. The van der Waals surface area contributed by atoms with Gasteiger partial charge in [-0.05, 0) is 44.0 Å². The van der Waals surface area contributed by atoms with Crippen molar-refractivity contribution in [2.24, 2.45) is 0 Å². The summed E-state index contributed by atoms with van der Waals surface area (Å²) >= 11 is 0. The van der Waals surface area contributed by atoms with Gasteiger partial charge in [-0.25, -0.2) is 4.98 Å². The summed E-state index contributed by atoms with van der Waals surface area (Å²) in [5.74, 6) is 1.02. The maximum Gasteiger partial charge on any atom is 0.123 e. The lowest BCUT2D eigenvalue weighted by Crippen LogP contribution is -2.14. The highest BCUT2D eigenvalue weighted by Crippen LogP contribution is 2.18. The molecule has 0 radical (unpaired) electrons. The van der Waals surface area contributed by atoms with Crippen molar-refractivity contribution in [3.8, 4) is 0 Å². The van der Waals surface area contributed by atoms with Crippen molar-refractivity contribution < 1.29 is 0 Å². The number of aryl methyl sites for hydroxylation is 1. The predicted octanol–water partition coefficient (Wildman–Crippen LogP) is 3.29. The average molecular weight is 233 g/mol. The molecule has 1 saturated heterocycles. The van der Waals surface area contributed by atoms with Crippen LogP contribution >= 0.6 is 0 Å². The van der Waals surface area contributed by atoms with Crippen LogP contribution in [0.4, 0.5) is 0 Å². The second-order valence-corrected chi connectivity index (χ2v) is 3.89. The standard InChI is InChI=1S/C12H17N3.C2H6/c1-10-4-2-8-14-12(15-9-6-10)11-5-3-7-13-11;1-2/h2,4,6,8-9,11,13H,3,5,7H2,1H3,(H,14,15);1-2H3/t11-;/m0./s1.